The van der Waals surface area contributed by atoms with Crippen molar-refractivity contribution in [1.82, 2.24) is 4.31 Å². The molecule has 0 saturated carbocycles. The van der Waals surface area contributed by atoms with Gasteiger partial charge in [0.15, 0.2) is 6.61 Å². The van der Waals surface area contributed by atoms with Crippen LogP contribution < -0.4 is 10.1 Å². The number of hydrogen-bond donors (Lipinski definition) is 1. The molecule has 1 fully saturated rings. The molecule has 1 amide bonds. The summed E-state index contributed by atoms with van der Waals surface area (Å²) in [6, 6.07) is 21.5. The molecule has 0 radical (unpaired) electrons. The van der Waals surface area contributed by atoms with Crippen LogP contribution in [0.1, 0.15) is 23.2 Å². The van der Waals surface area contributed by atoms with E-state index in [2.05, 4.69) is 5.32 Å². The average molecular weight is 481 g/mol. The second-order valence-corrected chi connectivity index (χ2v) is 9.61. The number of para-hydroxylation sites is 2. The summed E-state index contributed by atoms with van der Waals surface area (Å²) in [5, 5.41) is 2.60. The Labute approximate surface area is 198 Å². The van der Waals surface area contributed by atoms with Crippen molar-refractivity contribution in [1.29, 1.82) is 0 Å². The summed E-state index contributed by atoms with van der Waals surface area (Å²) in [7, 11) is -3.52. The van der Waals surface area contributed by atoms with Crippen LogP contribution >= 0.6 is 0 Å². The molecule has 1 saturated heterocycles. The Morgan fingerprint density at radius 1 is 0.853 bits per heavy atom. The summed E-state index contributed by atoms with van der Waals surface area (Å²) in [6.45, 7) is 0.531. The van der Waals surface area contributed by atoms with Gasteiger partial charge in [-0.25, -0.2) is 13.2 Å². The summed E-state index contributed by atoms with van der Waals surface area (Å²) < 4.78 is 37.6. The molecule has 4 rings (SSSR count). The van der Waals surface area contributed by atoms with E-state index in [1.165, 1.54) is 28.6 Å². The van der Waals surface area contributed by atoms with Gasteiger partial charge in [0.25, 0.3) is 5.91 Å². The third-order valence-electron chi connectivity index (χ3n) is 5.25. The van der Waals surface area contributed by atoms with Gasteiger partial charge in [0, 0.05) is 18.8 Å². The van der Waals surface area contributed by atoms with Crippen LogP contribution in [0.3, 0.4) is 0 Å². The lowest BCUT2D eigenvalue weighted by Crippen LogP contribution is -2.27. The molecule has 0 spiro atoms. The first-order chi connectivity index (χ1) is 16.4. The number of ether oxygens (including phenoxy) is 2. The van der Waals surface area contributed by atoms with Crippen LogP contribution in [0.2, 0.25) is 0 Å². The summed E-state index contributed by atoms with van der Waals surface area (Å²) in [5.41, 5.74) is 0.588. The average Bonchev–Trinajstić information content (AvgIpc) is 3.40. The largest absolute Gasteiger partial charge is 0.456 e. The van der Waals surface area contributed by atoms with E-state index in [1.54, 1.807) is 36.4 Å². The van der Waals surface area contributed by atoms with Crippen molar-refractivity contribution >= 4 is 27.6 Å². The fraction of sp³-hybridized carbons (Fsp3) is 0.200. The second-order valence-electron chi connectivity index (χ2n) is 7.67. The van der Waals surface area contributed by atoms with Crippen molar-refractivity contribution in [3.63, 3.8) is 0 Å². The van der Waals surface area contributed by atoms with E-state index in [0.29, 0.717) is 30.3 Å². The number of carbonyl (C=O) groups is 2. The number of carbonyl (C=O) groups excluding carboxylic acids is 2. The molecule has 176 valence electrons. The third-order valence-corrected chi connectivity index (χ3v) is 7.17. The highest BCUT2D eigenvalue weighted by molar-refractivity contribution is 7.89. The lowest BCUT2D eigenvalue weighted by atomic mass is 10.2. The summed E-state index contributed by atoms with van der Waals surface area (Å²) in [5.74, 6) is -0.372. The van der Waals surface area contributed by atoms with Gasteiger partial charge in [0.2, 0.25) is 10.0 Å². The minimum Gasteiger partial charge on any atom is -0.456 e. The van der Waals surface area contributed by atoms with Crippen LogP contribution in [-0.4, -0.2) is 44.3 Å². The molecule has 0 unspecified atom stereocenters. The predicted molar refractivity (Wildman–Crippen MR) is 126 cm³/mol. The number of rotatable bonds is 8. The first kappa shape index (κ1) is 23.5. The number of hydrogen-bond acceptors (Lipinski definition) is 6. The second kappa shape index (κ2) is 10.5. The van der Waals surface area contributed by atoms with Gasteiger partial charge in [0.1, 0.15) is 17.1 Å². The molecule has 0 aliphatic carbocycles. The zero-order valence-electron chi connectivity index (χ0n) is 18.3. The Balaban J connectivity index is 1.33. The highest BCUT2D eigenvalue weighted by atomic mass is 32.2. The number of amides is 1. The van der Waals surface area contributed by atoms with Gasteiger partial charge in [-0.05, 0) is 61.4 Å². The maximum absolute atomic E-state index is 12.6. The van der Waals surface area contributed by atoms with Gasteiger partial charge in [0.05, 0.1) is 4.90 Å². The molecular formula is C25H24N2O6S. The molecule has 0 atom stereocenters. The van der Waals surface area contributed by atoms with E-state index in [9.17, 15) is 18.0 Å². The van der Waals surface area contributed by atoms with E-state index in [0.717, 1.165) is 12.8 Å². The van der Waals surface area contributed by atoms with Gasteiger partial charge >= 0.3 is 5.97 Å². The van der Waals surface area contributed by atoms with Crippen LogP contribution in [0.5, 0.6) is 11.5 Å². The molecule has 1 aliphatic rings. The Bertz CT molecular complexity index is 1250. The zero-order valence-corrected chi connectivity index (χ0v) is 19.2. The predicted octanol–water partition coefficient (Wildman–Crippen LogP) is 4.06. The van der Waals surface area contributed by atoms with Gasteiger partial charge in [-0.1, -0.05) is 30.3 Å². The van der Waals surface area contributed by atoms with E-state index in [-0.39, 0.29) is 10.5 Å². The minimum atomic E-state index is -3.52. The van der Waals surface area contributed by atoms with Crippen molar-refractivity contribution in [2.24, 2.45) is 0 Å². The zero-order chi connectivity index (χ0) is 24.0. The molecular weight excluding hydrogens is 456 g/mol. The SMILES string of the molecule is O=C(COC(=O)c1ccccc1Oc1ccccc1)Nc1ccc(S(=O)(=O)N2CCCC2)cc1. The number of benzene rings is 3. The van der Waals surface area contributed by atoms with E-state index in [1.807, 2.05) is 18.2 Å². The number of esters is 1. The molecule has 1 heterocycles. The van der Waals surface area contributed by atoms with Crippen molar-refractivity contribution in [2.45, 2.75) is 17.7 Å². The smallest absolute Gasteiger partial charge is 0.342 e. The van der Waals surface area contributed by atoms with Gasteiger partial charge in [-0.15, -0.1) is 0 Å². The van der Waals surface area contributed by atoms with Gasteiger partial charge < -0.3 is 14.8 Å². The van der Waals surface area contributed by atoms with Crippen molar-refractivity contribution < 1.29 is 27.5 Å². The first-order valence-corrected chi connectivity index (χ1v) is 12.3. The Morgan fingerprint density at radius 3 is 2.21 bits per heavy atom. The maximum atomic E-state index is 12.6. The van der Waals surface area contributed by atoms with E-state index < -0.39 is 28.5 Å². The molecule has 1 aliphatic heterocycles. The Hall–Kier alpha value is -3.69. The molecule has 3 aromatic rings. The molecule has 3 aromatic carbocycles. The lowest BCUT2D eigenvalue weighted by molar-refractivity contribution is -0.119. The monoisotopic (exact) mass is 480 g/mol. The highest BCUT2D eigenvalue weighted by Crippen LogP contribution is 2.26. The molecule has 0 bridgehead atoms. The van der Waals surface area contributed by atoms with E-state index in [4.69, 9.17) is 9.47 Å². The van der Waals surface area contributed by atoms with Crippen LogP contribution in [0, 0.1) is 0 Å². The first-order valence-electron chi connectivity index (χ1n) is 10.8. The molecule has 1 N–H and O–H groups in total. The number of anilines is 1. The number of sulfonamides is 1. The molecule has 0 aromatic heterocycles. The van der Waals surface area contributed by atoms with Gasteiger partial charge in [-0.2, -0.15) is 4.31 Å². The third kappa shape index (κ3) is 5.62. The normalized spacial score (nSPS) is 13.9. The number of nitrogens with zero attached hydrogens (tertiary/aromatic N) is 1. The Kier molecular flexibility index (Phi) is 7.24. The maximum Gasteiger partial charge on any atom is 0.342 e. The quantitative estimate of drug-likeness (QED) is 0.488. The minimum absolute atomic E-state index is 0.175. The van der Waals surface area contributed by atoms with Crippen LogP contribution in [0.25, 0.3) is 0 Å². The topological polar surface area (TPSA) is 102 Å². The summed E-state index contributed by atoms with van der Waals surface area (Å²) >= 11 is 0. The summed E-state index contributed by atoms with van der Waals surface area (Å²) in [4.78, 5) is 25.0. The molecule has 8 nitrogen and oxygen atoms in total. The lowest BCUT2D eigenvalue weighted by Gasteiger charge is -2.15. The fourth-order valence-corrected chi connectivity index (χ4v) is 5.05. The van der Waals surface area contributed by atoms with Crippen LogP contribution in [-0.2, 0) is 19.6 Å². The standard InChI is InChI=1S/C25H24N2O6S/c28-24(26-19-12-14-21(15-13-19)34(30,31)27-16-6-7-17-27)18-32-25(29)22-10-4-5-11-23(22)33-20-8-2-1-3-9-20/h1-5,8-15H,6-7,16-18H2,(H,26,28). The highest BCUT2D eigenvalue weighted by Gasteiger charge is 2.27. The Morgan fingerprint density at radius 2 is 1.50 bits per heavy atom. The summed E-state index contributed by atoms with van der Waals surface area (Å²) in [6.07, 6.45) is 1.71. The molecule has 9 heteroatoms. The van der Waals surface area contributed by atoms with Crippen LogP contribution in [0.15, 0.2) is 83.8 Å². The molecule has 34 heavy (non-hydrogen) atoms. The van der Waals surface area contributed by atoms with Gasteiger partial charge in [-0.3, -0.25) is 4.79 Å². The van der Waals surface area contributed by atoms with E-state index >= 15 is 0 Å². The van der Waals surface area contributed by atoms with Crippen LogP contribution in [0.4, 0.5) is 5.69 Å². The van der Waals surface area contributed by atoms with Crippen molar-refractivity contribution in [2.75, 3.05) is 25.0 Å². The number of nitrogens with one attached hydrogen (secondary N) is 1. The fourth-order valence-electron chi connectivity index (χ4n) is 3.53. The van der Waals surface area contributed by atoms with Crippen molar-refractivity contribution in [3.05, 3.63) is 84.4 Å². The van der Waals surface area contributed by atoms with Crippen molar-refractivity contribution in [3.8, 4) is 11.5 Å².